The topological polar surface area (TPSA) is 63.7 Å². The van der Waals surface area contributed by atoms with Crippen LogP contribution >= 0.6 is 0 Å². The number of methoxy groups -OCH3 is 1. The van der Waals surface area contributed by atoms with Crippen LogP contribution in [-0.4, -0.2) is 33.8 Å². The minimum absolute atomic E-state index is 0.384. The van der Waals surface area contributed by atoms with Gasteiger partial charge in [-0.1, -0.05) is 5.21 Å². The molecule has 0 aromatic carbocycles. The maximum Gasteiger partial charge on any atom is 0.171 e. The van der Waals surface area contributed by atoms with E-state index in [0.717, 1.165) is 0 Å². The van der Waals surface area contributed by atoms with Crippen molar-refractivity contribution in [1.82, 2.24) is 20.6 Å². The Morgan fingerprint density at radius 2 is 2.00 bits per heavy atom. The van der Waals surface area contributed by atoms with Crippen LogP contribution in [0.25, 0.3) is 0 Å². The first kappa shape index (κ1) is 10.0. The van der Waals surface area contributed by atoms with E-state index < -0.39 is 0 Å². The zero-order valence-corrected chi connectivity index (χ0v) is 7.33. The molecule has 0 fully saturated rings. The van der Waals surface area contributed by atoms with Crippen LogP contribution in [0.15, 0.2) is 0 Å². The number of rotatable bonds is 1. The van der Waals surface area contributed by atoms with E-state index in [1.54, 1.807) is 14.0 Å². The second-order valence-electron chi connectivity index (χ2n) is 2.24. The Labute approximate surface area is 66.1 Å². The molecule has 1 N–H and O–H groups in total. The number of aromatic nitrogens is 4. The van der Waals surface area contributed by atoms with Crippen LogP contribution in [0.2, 0.25) is 0 Å². The molecule has 0 saturated heterocycles. The molecule has 5 heteroatoms. The SMILES string of the molecule is COC(C)C.Cc1nn[nH]n1. The molecule has 0 amide bonds. The van der Waals surface area contributed by atoms with E-state index in [-0.39, 0.29) is 0 Å². The Morgan fingerprint density at radius 1 is 1.45 bits per heavy atom. The lowest BCUT2D eigenvalue weighted by Gasteiger charge is -1.94. The van der Waals surface area contributed by atoms with Gasteiger partial charge in [-0.25, -0.2) is 0 Å². The summed E-state index contributed by atoms with van der Waals surface area (Å²) in [5.74, 6) is 0.676. The van der Waals surface area contributed by atoms with Crippen LogP contribution in [-0.2, 0) is 4.74 Å². The Hall–Kier alpha value is -0.970. The summed E-state index contributed by atoms with van der Waals surface area (Å²) in [6.07, 6.45) is 0.384. The number of aryl methyl sites for hydroxylation is 1. The number of H-pyrrole nitrogens is 1. The van der Waals surface area contributed by atoms with Gasteiger partial charge in [0.15, 0.2) is 5.82 Å². The van der Waals surface area contributed by atoms with E-state index in [0.29, 0.717) is 11.9 Å². The second kappa shape index (κ2) is 5.79. The summed E-state index contributed by atoms with van der Waals surface area (Å²) in [5.41, 5.74) is 0. The molecule has 0 bridgehead atoms. The lowest BCUT2D eigenvalue weighted by Crippen LogP contribution is -1.94. The predicted molar refractivity (Wildman–Crippen MR) is 41.1 cm³/mol. The van der Waals surface area contributed by atoms with Gasteiger partial charge in [-0.2, -0.15) is 5.21 Å². The monoisotopic (exact) mass is 158 g/mol. The van der Waals surface area contributed by atoms with Crippen molar-refractivity contribution in [2.75, 3.05) is 7.11 Å². The summed E-state index contributed by atoms with van der Waals surface area (Å²) < 4.78 is 4.75. The molecule has 0 aliphatic carbocycles. The van der Waals surface area contributed by atoms with E-state index in [1.165, 1.54) is 0 Å². The molecule has 0 spiro atoms. The highest BCUT2D eigenvalue weighted by molar-refractivity contribution is 4.63. The summed E-state index contributed by atoms with van der Waals surface area (Å²) in [4.78, 5) is 0. The Bertz CT molecular complexity index is 161. The van der Waals surface area contributed by atoms with E-state index >= 15 is 0 Å². The summed E-state index contributed by atoms with van der Waals surface area (Å²) in [7, 11) is 1.70. The van der Waals surface area contributed by atoms with Gasteiger partial charge in [0.05, 0.1) is 6.10 Å². The van der Waals surface area contributed by atoms with Crippen molar-refractivity contribution in [2.45, 2.75) is 26.9 Å². The summed E-state index contributed by atoms with van der Waals surface area (Å²) in [5, 5.41) is 12.7. The van der Waals surface area contributed by atoms with Crippen molar-refractivity contribution < 1.29 is 4.74 Å². The molecule has 11 heavy (non-hydrogen) atoms. The lowest BCUT2D eigenvalue weighted by atomic mass is 10.5. The zero-order valence-electron chi connectivity index (χ0n) is 7.33. The number of hydrogen-bond donors (Lipinski definition) is 1. The van der Waals surface area contributed by atoms with Crippen molar-refractivity contribution >= 4 is 0 Å². The maximum absolute atomic E-state index is 4.75. The van der Waals surface area contributed by atoms with E-state index in [9.17, 15) is 0 Å². The summed E-state index contributed by atoms with van der Waals surface area (Å²) >= 11 is 0. The fourth-order valence-corrected chi connectivity index (χ4v) is 0.212. The highest BCUT2D eigenvalue weighted by atomic mass is 16.5. The molecular formula is C6H14N4O. The van der Waals surface area contributed by atoms with Crippen molar-refractivity contribution in [3.05, 3.63) is 5.82 Å². The highest BCUT2D eigenvalue weighted by Crippen LogP contribution is 1.77. The zero-order chi connectivity index (χ0) is 8.69. The highest BCUT2D eigenvalue weighted by Gasteiger charge is 1.79. The number of nitrogens with one attached hydrogen (secondary N) is 1. The second-order valence-corrected chi connectivity index (χ2v) is 2.24. The van der Waals surface area contributed by atoms with Crippen LogP contribution in [0.4, 0.5) is 0 Å². The molecule has 1 heterocycles. The number of ether oxygens (including phenoxy) is 1. The molecule has 1 aromatic heterocycles. The fraction of sp³-hybridized carbons (Fsp3) is 0.833. The molecular weight excluding hydrogens is 144 g/mol. The Balaban J connectivity index is 0.000000187. The molecule has 64 valence electrons. The molecule has 0 aliphatic rings. The van der Waals surface area contributed by atoms with Gasteiger partial charge in [-0.15, -0.1) is 10.2 Å². The van der Waals surface area contributed by atoms with Crippen LogP contribution < -0.4 is 0 Å². The molecule has 1 aromatic rings. The fourth-order valence-electron chi connectivity index (χ4n) is 0.212. The quantitative estimate of drug-likeness (QED) is 0.648. The minimum Gasteiger partial charge on any atom is -0.382 e. The average molecular weight is 158 g/mol. The van der Waals surface area contributed by atoms with Crippen molar-refractivity contribution in [2.24, 2.45) is 0 Å². The first-order valence-corrected chi connectivity index (χ1v) is 3.39. The van der Waals surface area contributed by atoms with Gasteiger partial charge < -0.3 is 4.74 Å². The third kappa shape index (κ3) is 6.92. The first-order chi connectivity index (χ1) is 5.16. The van der Waals surface area contributed by atoms with Crippen molar-refractivity contribution in [3.8, 4) is 0 Å². The van der Waals surface area contributed by atoms with Gasteiger partial charge >= 0.3 is 0 Å². The van der Waals surface area contributed by atoms with Gasteiger partial charge in [-0.05, 0) is 20.8 Å². The molecule has 0 atom stereocenters. The van der Waals surface area contributed by atoms with Gasteiger partial charge in [0.25, 0.3) is 0 Å². The van der Waals surface area contributed by atoms with E-state index in [4.69, 9.17) is 4.74 Å². The normalized spacial score (nSPS) is 9.18. The third-order valence-electron chi connectivity index (χ3n) is 0.923. The van der Waals surface area contributed by atoms with Gasteiger partial charge in [-0.3, -0.25) is 0 Å². The van der Waals surface area contributed by atoms with Crippen molar-refractivity contribution in [1.29, 1.82) is 0 Å². The van der Waals surface area contributed by atoms with Crippen LogP contribution in [0.3, 0.4) is 0 Å². The summed E-state index contributed by atoms with van der Waals surface area (Å²) in [6.45, 7) is 5.77. The van der Waals surface area contributed by atoms with Gasteiger partial charge in [0, 0.05) is 7.11 Å². The molecule has 5 nitrogen and oxygen atoms in total. The van der Waals surface area contributed by atoms with Crippen LogP contribution in [0.5, 0.6) is 0 Å². The van der Waals surface area contributed by atoms with E-state index in [2.05, 4.69) is 20.6 Å². The van der Waals surface area contributed by atoms with Gasteiger partial charge in [0.1, 0.15) is 0 Å². The minimum atomic E-state index is 0.384. The van der Waals surface area contributed by atoms with Crippen molar-refractivity contribution in [3.63, 3.8) is 0 Å². The number of nitrogens with zero attached hydrogens (tertiary/aromatic N) is 3. The standard InChI is InChI=1S/C4H10O.C2H4N4/c1-4(2)5-3;1-2-3-5-6-4-2/h4H,1-3H3;1H3,(H,3,4,5,6). The molecule has 1 rings (SSSR count). The average Bonchev–Trinajstić information content (AvgIpc) is 2.41. The van der Waals surface area contributed by atoms with Gasteiger partial charge in [0.2, 0.25) is 0 Å². The Morgan fingerprint density at radius 3 is 2.09 bits per heavy atom. The first-order valence-electron chi connectivity index (χ1n) is 3.39. The molecule has 0 saturated carbocycles. The number of hydrogen-bond acceptors (Lipinski definition) is 4. The lowest BCUT2D eigenvalue weighted by molar-refractivity contribution is 0.134. The predicted octanol–water partition coefficient (Wildman–Crippen LogP) is 0.549. The maximum atomic E-state index is 4.75. The smallest absolute Gasteiger partial charge is 0.171 e. The van der Waals surface area contributed by atoms with E-state index in [1.807, 2.05) is 13.8 Å². The molecule has 0 unspecified atom stereocenters. The largest absolute Gasteiger partial charge is 0.382 e. The number of tetrazole rings is 1. The number of aromatic amines is 1. The molecule has 0 radical (unpaired) electrons. The van der Waals surface area contributed by atoms with Crippen LogP contribution in [0.1, 0.15) is 19.7 Å². The summed E-state index contributed by atoms with van der Waals surface area (Å²) in [6, 6.07) is 0. The van der Waals surface area contributed by atoms with Crippen LogP contribution in [0, 0.1) is 6.92 Å². The third-order valence-corrected chi connectivity index (χ3v) is 0.923. The molecule has 0 aliphatic heterocycles. The Kier molecular flexibility index (Phi) is 5.28.